The van der Waals surface area contributed by atoms with Crippen molar-refractivity contribution >= 4 is 44.5 Å². The van der Waals surface area contributed by atoms with Gasteiger partial charge in [0, 0.05) is 12.3 Å². The zero-order chi connectivity index (χ0) is 9.42. The number of halogens is 1. The SMILES string of the molecule is O=C1C=C(n2cc(I)cn2)S(=O)N1. The number of hydrogen-bond donors (Lipinski definition) is 1. The zero-order valence-electron chi connectivity index (χ0n) is 6.23. The lowest BCUT2D eigenvalue weighted by atomic mass is 10.6. The first-order valence-electron chi connectivity index (χ1n) is 3.31. The average molecular weight is 309 g/mol. The minimum atomic E-state index is -1.47. The Morgan fingerprint density at radius 2 is 2.38 bits per heavy atom. The van der Waals surface area contributed by atoms with E-state index in [4.69, 9.17) is 0 Å². The molecule has 0 aliphatic carbocycles. The normalized spacial score (nSPS) is 21.5. The van der Waals surface area contributed by atoms with Crippen LogP contribution in [-0.2, 0) is 15.8 Å². The van der Waals surface area contributed by atoms with Crippen LogP contribution in [0.25, 0.3) is 5.03 Å². The molecule has 7 heteroatoms. The molecular formula is C6H4IN3O2S. The first-order valence-corrected chi connectivity index (χ1v) is 5.54. The molecule has 1 amide bonds. The second-order valence-corrected chi connectivity index (χ2v) is 4.73. The van der Waals surface area contributed by atoms with Crippen LogP contribution in [0.5, 0.6) is 0 Å². The fourth-order valence-electron chi connectivity index (χ4n) is 0.911. The number of amides is 1. The first kappa shape index (κ1) is 8.88. The van der Waals surface area contributed by atoms with Crippen LogP contribution in [0.4, 0.5) is 0 Å². The molecule has 1 aromatic rings. The van der Waals surface area contributed by atoms with E-state index in [-0.39, 0.29) is 5.91 Å². The lowest BCUT2D eigenvalue weighted by molar-refractivity contribution is -0.114. The van der Waals surface area contributed by atoms with Gasteiger partial charge in [-0.25, -0.2) is 8.89 Å². The topological polar surface area (TPSA) is 64.0 Å². The third-order valence-corrected chi connectivity index (χ3v) is 3.04. The lowest BCUT2D eigenvalue weighted by Crippen LogP contribution is -2.17. The van der Waals surface area contributed by atoms with Gasteiger partial charge in [0.25, 0.3) is 5.91 Å². The summed E-state index contributed by atoms with van der Waals surface area (Å²) in [5, 5.41) is 4.31. The predicted molar refractivity (Wildman–Crippen MR) is 55.5 cm³/mol. The quantitative estimate of drug-likeness (QED) is 0.747. The molecule has 2 heterocycles. The Morgan fingerprint density at radius 3 is 2.85 bits per heavy atom. The number of hydrogen-bond acceptors (Lipinski definition) is 3. The van der Waals surface area contributed by atoms with Gasteiger partial charge < -0.3 is 0 Å². The summed E-state index contributed by atoms with van der Waals surface area (Å²) in [6, 6.07) is 0. The number of rotatable bonds is 1. The van der Waals surface area contributed by atoms with E-state index in [0.29, 0.717) is 5.03 Å². The van der Waals surface area contributed by atoms with Gasteiger partial charge >= 0.3 is 0 Å². The molecule has 1 aliphatic rings. The second kappa shape index (κ2) is 3.22. The standard InChI is InChI=1S/C6H4IN3O2S/c7-4-2-8-10(3-4)6-1-5(11)9-13(6)12/h1-3H,(H,9,11). The van der Waals surface area contributed by atoms with Crippen molar-refractivity contribution < 1.29 is 9.00 Å². The van der Waals surface area contributed by atoms with Crippen LogP contribution in [0, 0.1) is 3.57 Å². The number of nitrogens with zero attached hydrogens (tertiary/aromatic N) is 2. The van der Waals surface area contributed by atoms with Crippen LogP contribution in [0.3, 0.4) is 0 Å². The van der Waals surface area contributed by atoms with E-state index < -0.39 is 11.0 Å². The molecule has 0 spiro atoms. The molecule has 0 bridgehead atoms. The maximum atomic E-state index is 11.2. The highest BCUT2D eigenvalue weighted by atomic mass is 127. The van der Waals surface area contributed by atoms with Gasteiger partial charge in [-0.3, -0.25) is 9.52 Å². The maximum Gasteiger partial charge on any atom is 0.258 e. The minimum Gasteiger partial charge on any atom is -0.269 e. The molecule has 2 rings (SSSR count). The third kappa shape index (κ3) is 1.66. The number of nitrogens with one attached hydrogen (secondary N) is 1. The van der Waals surface area contributed by atoms with Gasteiger partial charge in [0.1, 0.15) is 0 Å². The van der Waals surface area contributed by atoms with Gasteiger partial charge in [0.05, 0.1) is 9.77 Å². The fourth-order valence-corrected chi connectivity index (χ4v) is 2.13. The monoisotopic (exact) mass is 309 g/mol. The van der Waals surface area contributed by atoms with Crippen LogP contribution in [0.15, 0.2) is 18.5 Å². The van der Waals surface area contributed by atoms with Crippen molar-refractivity contribution in [3.05, 3.63) is 22.0 Å². The third-order valence-electron chi connectivity index (χ3n) is 1.41. The Morgan fingerprint density at radius 1 is 1.62 bits per heavy atom. The minimum absolute atomic E-state index is 0.348. The van der Waals surface area contributed by atoms with Crippen molar-refractivity contribution in [2.24, 2.45) is 0 Å². The summed E-state index contributed by atoms with van der Waals surface area (Å²) in [5.74, 6) is -0.348. The van der Waals surface area contributed by atoms with Crippen molar-refractivity contribution in [3.63, 3.8) is 0 Å². The largest absolute Gasteiger partial charge is 0.269 e. The zero-order valence-corrected chi connectivity index (χ0v) is 9.20. The Balaban J connectivity index is 2.42. The molecule has 1 aliphatic heterocycles. The fraction of sp³-hybridized carbons (Fsp3) is 0. The van der Waals surface area contributed by atoms with Crippen molar-refractivity contribution in [2.45, 2.75) is 0 Å². The summed E-state index contributed by atoms with van der Waals surface area (Å²) in [4.78, 5) is 10.8. The van der Waals surface area contributed by atoms with Gasteiger partial charge in [-0.1, -0.05) is 0 Å². The molecule has 0 radical (unpaired) electrons. The molecule has 5 nitrogen and oxygen atoms in total. The van der Waals surface area contributed by atoms with Crippen molar-refractivity contribution in [1.82, 2.24) is 14.5 Å². The Bertz CT molecular complexity index is 425. The van der Waals surface area contributed by atoms with Crippen LogP contribution in [0.1, 0.15) is 0 Å². The van der Waals surface area contributed by atoms with E-state index in [9.17, 15) is 9.00 Å². The van der Waals surface area contributed by atoms with Gasteiger partial charge in [0.2, 0.25) is 0 Å². The summed E-state index contributed by atoms with van der Waals surface area (Å²) in [5.41, 5.74) is 0. The second-order valence-electron chi connectivity index (χ2n) is 2.32. The van der Waals surface area contributed by atoms with Gasteiger partial charge in [0.15, 0.2) is 16.0 Å². The predicted octanol–water partition coefficient (Wildman–Crippen LogP) is 0.0796. The summed E-state index contributed by atoms with van der Waals surface area (Å²) < 4.78 is 15.8. The molecule has 1 N–H and O–H groups in total. The van der Waals surface area contributed by atoms with E-state index in [2.05, 4.69) is 32.4 Å². The number of aromatic nitrogens is 2. The number of carbonyl (C=O) groups excluding carboxylic acids is 1. The Kier molecular flexibility index (Phi) is 2.20. The van der Waals surface area contributed by atoms with Crippen LogP contribution < -0.4 is 4.72 Å². The summed E-state index contributed by atoms with van der Waals surface area (Å²) in [7, 11) is -1.47. The molecule has 0 fully saturated rings. The summed E-state index contributed by atoms with van der Waals surface area (Å²) in [6.07, 6.45) is 4.60. The lowest BCUT2D eigenvalue weighted by Gasteiger charge is -1.97. The van der Waals surface area contributed by atoms with Gasteiger partial charge in [-0.2, -0.15) is 5.10 Å². The molecule has 13 heavy (non-hydrogen) atoms. The first-order chi connectivity index (χ1) is 6.16. The van der Waals surface area contributed by atoms with Crippen molar-refractivity contribution in [2.75, 3.05) is 0 Å². The van der Waals surface area contributed by atoms with Gasteiger partial charge in [-0.15, -0.1) is 0 Å². The Hall–Kier alpha value is -0.700. The van der Waals surface area contributed by atoms with Crippen LogP contribution in [-0.4, -0.2) is 19.9 Å². The maximum absolute atomic E-state index is 11.2. The van der Waals surface area contributed by atoms with E-state index in [0.717, 1.165) is 3.57 Å². The molecule has 1 aromatic heterocycles. The van der Waals surface area contributed by atoms with Crippen LogP contribution >= 0.6 is 22.6 Å². The molecular weight excluding hydrogens is 305 g/mol. The summed E-state index contributed by atoms with van der Waals surface area (Å²) >= 11 is 2.08. The van der Waals surface area contributed by atoms with Crippen molar-refractivity contribution in [3.8, 4) is 0 Å². The van der Waals surface area contributed by atoms with Crippen LogP contribution in [0.2, 0.25) is 0 Å². The average Bonchev–Trinajstić information content (AvgIpc) is 2.58. The van der Waals surface area contributed by atoms with E-state index in [1.54, 1.807) is 12.4 Å². The highest BCUT2D eigenvalue weighted by molar-refractivity contribution is 14.1. The molecule has 0 aromatic carbocycles. The summed E-state index contributed by atoms with van der Waals surface area (Å²) in [6.45, 7) is 0. The molecule has 68 valence electrons. The Labute approximate surface area is 89.9 Å². The molecule has 0 saturated carbocycles. The molecule has 1 atom stereocenters. The highest BCUT2D eigenvalue weighted by Gasteiger charge is 2.21. The van der Waals surface area contributed by atoms with Crippen molar-refractivity contribution in [1.29, 1.82) is 0 Å². The smallest absolute Gasteiger partial charge is 0.258 e. The highest BCUT2D eigenvalue weighted by Crippen LogP contribution is 2.13. The molecule has 1 unspecified atom stereocenters. The molecule has 0 saturated heterocycles. The van der Waals surface area contributed by atoms with Gasteiger partial charge in [-0.05, 0) is 22.6 Å². The van der Waals surface area contributed by atoms with E-state index in [1.807, 2.05) is 0 Å². The number of carbonyl (C=O) groups is 1. The van der Waals surface area contributed by atoms with E-state index >= 15 is 0 Å². The van der Waals surface area contributed by atoms with E-state index in [1.165, 1.54) is 10.8 Å².